The third-order valence-corrected chi connectivity index (χ3v) is 6.52. The van der Waals surface area contributed by atoms with E-state index in [1.165, 1.54) is 0 Å². The molecule has 0 saturated heterocycles. The van der Waals surface area contributed by atoms with Crippen molar-refractivity contribution in [2.24, 2.45) is 5.73 Å². The fourth-order valence-electron chi connectivity index (χ4n) is 4.46. The minimum atomic E-state index is -0.829. The van der Waals surface area contributed by atoms with Crippen LogP contribution in [0, 0.1) is 5.41 Å². The number of nitrogens with two attached hydrogens (primary N) is 2. The van der Waals surface area contributed by atoms with Crippen LogP contribution in [0.1, 0.15) is 18.4 Å². The summed E-state index contributed by atoms with van der Waals surface area (Å²) in [5, 5.41) is 10.5. The monoisotopic (exact) mass is 567 g/mol. The van der Waals surface area contributed by atoms with Gasteiger partial charge in [-0.3, -0.25) is 10.2 Å². The molecule has 0 saturated carbocycles. The molecule has 216 valence electrons. The van der Waals surface area contributed by atoms with Crippen LogP contribution in [0.4, 0.5) is 10.7 Å². The molecule has 1 atom stereocenters. The highest BCUT2D eigenvalue weighted by Crippen LogP contribution is 2.33. The highest BCUT2D eigenvalue weighted by molar-refractivity contribution is 5.91. The Kier molecular flexibility index (Phi) is 10.0. The van der Waals surface area contributed by atoms with E-state index in [2.05, 4.69) is 10.3 Å². The largest absolute Gasteiger partial charge is 0.444 e. The van der Waals surface area contributed by atoms with E-state index in [-0.39, 0.29) is 38.5 Å². The van der Waals surface area contributed by atoms with E-state index >= 15 is 0 Å². The number of rotatable bonds is 12. The molecule has 0 radical (unpaired) electrons. The van der Waals surface area contributed by atoms with E-state index in [4.69, 9.17) is 21.6 Å². The second-order valence-electron chi connectivity index (χ2n) is 9.51. The summed E-state index contributed by atoms with van der Waals surface area (Å²) >= 11 is 0. The lowest BCUT2D eigenvalue weighted by molar-refractivity contribution is -0.124. The van der Waals surface area contributed by atoms with Gasteiger partial charge in [0.15, 0.2) is 5.96 Å². The maximum atomic E-state index is 13.1. The van der Waals surface area contributed by atoms with Crippen molar-refractivity contribution < 1.29 is 19.1 Å². The number of hydrogen-bond donors (Lipinski definition) is 4. The van der Waals surface area contributed by atoms with E-state index in [1.807, 2.05) is 91.0 Å². The molecule has 42 heavy (non-hydrogen) atoms. The number of hydrogen-bond acceptors (Lipinski definition) is 7. The lowest BCUT2D eigenvalue weighted by Gasteiger charge is -2.21. The molecule has 0 unspecified atom stereocenters. The molecule has 11 nitrogen and oxygen atoms in total. The quantitative estimate of drug-likeness (QED) is 0.115. The smallest absolute Gasteiger partial charge is 0.416 e. The second kappa shape index (κ2) is 14.3. The van der Waals surface area contributed by atoms with Crippen LogP contribution in [0.2, 0.25) is 0 Å². The standard InChI is InChI=1S/C31H33N7O4/c32-29(33)37(31(41)42-21-22-11-4-1-5-12-22)18-10-17-25(20-39)35-26(40)19-38-28(24-15-8-3-9-16-24)27(36-30(38)34)23-13-6-2-7-14-23/h1-9,11-16,20,25H,10,17-19,21H2,(H3,32,33)(H2,34,36)(H,35,40)/t25-/m0/s1. The van der Waals surface area contributed by atoms with Gasteiger partial charge in [-0.2, -0.15) is 0 Å². The third-order valence-electron chi connectivity index (χ3n) is 6.52. The Labute approximate surface area is 243 Å². The number of benzene rings is 3. The number of nitrogen functional groups attached to an aromatic ring is 1. The number of carbonyl (C=O) groups excluding carboxylic acids is 3. The average molecular weight is 568 g/mol. The van der Waals surface area contributed by atoms with Gasteiger partial charge in [0.1, 0.15) is 19.4 Å². The van der Waals surface area contributed by atoms with E-state index < -0.39 is 24.0 Å². The van der Waals surface area contributed by atoms with Gasteiger partial charge in [0.25, 0.3) is 0 Å². The van der Waals surface area contributed by atoms with Crippen LogP contribution in [0.5, 0.6) is 0 Å². The normalized spacial score (nSPS) is 11.3. The van der Waals surface area contributed by atoms with Crippen molar-refractivity contribution in [2.45, 2.75) is 32.0 Å². The summed E-state index contributed by atoms with van der Waals surface area (Å²) in [5.41, 5.74) is 15.7. The molecular weight excluding hydrogens is 534 g/mol. The number of nitrogens with one attached hydrogen (secondary N) is 2. The fraction of sp³-hybridized carbons (Fsp3) is 0.194. The predicted molar refractivity (Wildman–Crippen MR) is 160 cm³/mol. The highest BCUT2D eigenvalue weighted by atomic mass is 16.6. The summed E-state index contributed by atoms with van der Waals surface area (Å²) < 4.78 is 6.89. The van der Waals surface area contributed by atoms with Gasteiger partial charge in [0.05, 0.1) is 17.4 Å². The van der Waals surface area contributed by atoms with Gasteiger partial charge in [-0.1, -0.05) is 91.0 Å². The molecule has 0 aliphatic heterocycles. The van der Waals surface area contributed by atoms with Crippen LogP contribution in [0.15, 0.2) is 91.0 Å². The van der Waals surface area contributed by atoms with Gasteiger partial charge in [-0.15, -0.1) is 0 Å². The van der Waals surface area contributed by atoms with Crippen molar-refractivity contribution >= 4 is 30.2 Å². The van der Waals surface area contributed by atoms with Crippen LogP contribution < -0.4 is 16.8 Å². The first kappa shape index (κ1) is 29.5. The van der Waals surface area contributed by atoms with Gasteiger partial charge >= 0.3 is 6.09 Å². The Morgan fingerprint density at radius 3 is 2.17 bits per heavy atom. The number of guanidine groups is 1. The number of aromatic nitrogens is 2. The Morgan fingerprint density at radius 2 is 1.57 bits per heavy atom. The Hall–Kier alpha value is -5.45. The number of ether oxygens (including phenoxy) is 1. The van der Waals surface area contributed by atoms with Crippen LogP contribution in [0.25, 0.3) is 22.5 Å². The molecule has 0 spiro atoms. The maximum Gasteiger partial charge on any atom is 0.416 e. The third kappa shape index (κ3) is 7.60. The summed E-state index contributed by atoms with van der Waals surface area (Å²) in [4.78, 5) is 42.9. The molecule has 4 rings (SSSR count). The van der Waals surface area contributed by atoms with Crippen LogP contribution in [-0.2, 0) is 27.5 Å². The highest BCUT2D eigenvalue weighted by Gasteiger charge is 2.22. The SMILES string of the molecule is N=C(N)N(CCC[C@@H](C=O)NC(=O)Cn1c(N)nc(-c2ccccc2)c1-c1ccccc1)C(=O)OCc1ccccc1. The Morgan fingerprint density at radius 1 is 0.976 bits per heavy atom. The number of anilines is 1. The minimum absolute atomic E-state index is 0.0326. The lowest BCUT2D eigenvalue weighted by atomic mass is 10.0. The van der Waals surface area contributed by atoms with E-state index in [9.17, 15) is 14.4 Å². The second-order valence-corrected chi connectivity index (χ2v) is 9.51. The van der Waals surface area contributed by atoms with Crippen LogP contribution >= 0.6 is 0 Å². The average Bonchev–Trinajstić information content (AvgIpc) is 3.33. The molecule has 1 heterocycles. The molecule has 2 amide bonds. The van der Waals surface area contributed by atoms with Crippen LogP contribution in [0.3, 0.4) is 0 Å². The van der Waals surface area contributed by atoms with Crippen molar-refractivity contribution in [3.05, 3.63) is 96.6 Å². The minimum Gasteiger partial charge on any atom is -0.444 e. The fourth-order valence-corrected chi connectivity index (χ4v) is 4.46. The summed E-state index contributed by atoms with van der Waals surface area (Å²) in [6, 6.07) is 27.3. The predicted octanol–water partition coefficient (Wildman–Crippen LogP) is 3.80. The number of amides is 2. The van der Waals surface area contributed by atoms with Crippen molar-refractivity contribution in [3.63, 3.8) is 0 Å². The van der Waals surface area contributed by atoms with Gasteiger partial charge in [-0.25, -0.2) is 14.7 Å². The van der Waals surface area contributed by atoms with Gasteiger partial charge in [0.2, 0.25) is 11.9 Å². The zero-order chi connectivity index (χ0) is 29.9. The van der Waals surface area contributed by atoms with E-state index in [0.717, 1.165) is 21.6 Å². The molecule has 0 fully saturated rings. The Bertz CT molecular complexity index is 1510. The summed E-state index contributed by atoms with van der Waals surface area (Å²) in [7, 11) is 0. The van der Waals surface area contributed by atoms with Crippen LogP contribution in [-0.4, -0.2) is 51.3 Å². The first-order chi connectivity index (χ1) is 20.4. The molecule has 11 heteroatoms. The Balaban J connectivity index is 1.39. The molecule has 0 bridgehead atoms. The van der Waals surface area contributed by atoms with E-state index in [0.29, 0.717) is 17.7 Å². The molecule has 6 N–H and O–H groups in total. The van der Waals surface area contributed by atoms with Crippen molar-refractivity contribution in [2.75, 3.05) is 12.3 Å². The molecular formula is C31H33N7O4. The number of aldehydes is 1. The zero-order valence-corrected chi connectivity index (χ0v) is 23.0. The molecule has 3 aromatic carbocycles. The summed E-state index contributed by atoms with van der Waals surface area (Å²) in [6.07, 6.45) is 0.362. The molecule has 1 aromatic heterocycles. The first-order valence-corrected chi connectivity index (χ1v) is 13.4. The van der Waals surface area contributed by atoms with Gasteiger partial charge in [-0.05, 0) is 18.4 Å². The van der Waals surface area contributed by atoms with Crippen molar-refractivity contribution in [1.29, 1.82) is 5.41 Å². The lowest BCUT2D eigenvalue weighted by Crippen LogP contribution is -2.43. The van der Waals surface area contributed by atoms with E-state index in [1.54, 1.807) is 4.57 Å². The van der Waals surface area contributed by atoms with Gasteiger partial charge in [0, 0.05) is 17.7 Å². The number of carbonyl (C=O) groups is 3. The molecule has 0 aliphatic carbocycles. The topological polar surface area (TPSA) is 169 Å². The summed E-state index contributed by atoms with van der Waals surface area (Å²) in [5.74, 6) is -0.742. The maximum absolute atomic E-state index is 13.1. The molecule has 4 aromatic rings. The zero-order valence-electron chi connectivity index (χ0n) is 23.0. The first-order valence-electron chi connectivity index (χ1n) is 13.4. The van der Waals surface area contributed by atoms with Gasteiger partial charge < -0.3 is 30.9 Å². The number of imidazole rings is 1. The number of nitrogens with zero attached hydrogens (tertiary/aromatic N) is 3. The summed E-state index contributed by atoms with van der Waals surface area (Å²) in [6.45, 7) is -0.0906. The van der Waals surface area contributed by atoms with Crippen molar-refractivity contribution in [3.8, 4) is 22.5 Å². The van der Waals surface area contributed by atoms with Crippen molar-refractivity contribution in [1.82, 2.24) is 19.8 Å². The molecule has 0 aliphatic rings.